The van der Waals surface area contributed by atoms with Gasteiger partial charge in [0.15, 0.2) is 0 Å². The Hall–Kier alpha value is -1.26. The van der Waals surface area contributed by atoms with Crippen LogP contribution in [0.4, 0.5) is 5.69 Å². The zero-order valence-corrected chi connectivity index (χ0v) is 10.3. The van der Waals surface area contributed by atoms with Gasteiger partial charge in [-0.25, -0.2) is 0 Å². The Morgan fingerprint density at radius 3 is 2.53 bits per heavy atom. The third-order valence-electron chi connectivity index (χ3n) is 2.56. The second-order valence-corrected chi connectivity index (χ2v) is 4.61. The minimum atomic E-state index is -0.366. The van der Waals surface area contributed by atoms with Crippen molar-refractivity contribution in [1.29, 1.82) is 0 Å². The lowest BCUT2D eigenvalue weighted by atomic mass is 10.1. The normalized spacial score (nSPS) is 18.9. The van der Waals surface area contributed by atoms with Crippen LogP contribution >= 0.6 is 23.2 Å². The average Bonchev–Trinajstić information content (AvgIpc) is 2.70. The second kappa shape index (κ2) is 4.94. The van der Waals surface area contributed by atoms with Crippen molar-refractivity contribution < 1.29 is 9.59 Å². The fraction of sp³-hybridized carbons (Fsp3) is 0.273. The molecule has 0 aromatic heterocycles. The quantitative estimate of drug-likeness (QED) is 0.866. The van der Waals surface area contributed by atoms with Gasteiger partial charge in [-0.15, -0.1) is 0 Å². The summed E-state index contributed by atoms with van der Waals surface area (Å²) >= 11 is 11.9. The summed E-state index contributed by atoms with van der Waals surface area (Å²) in [5.41, 5.74) is 0.389. The van der Waals surface area contributed by atoms with Gasteiger partial charge in [0.1, 0.15) is 0 Å². The average molecular weight is 273 g/mol. The van der Waals surface area contributed by atoms with E-state index in [0.29, 0.717) is 22.3 Å². The third-order valence-corrected chi connectivity index (χ3v) is 3.19. The highest BCUT2D eigenvalue weighted by atomic mass is 35.5. The van der Waals surface area contributed by atoms with Crippen molar-refractivity contribution >= 4 is 40.7 Å². The molecule has 17 heavy (non-hydrogen) atoms. The van der Waals surface area contributed by atoms with Gasteiger partial charge in [-0.3, -0.25) is 9.59 Å². The molecule has 6 heteroatoms. The highest BCUT2D eigenvalue weighted by Gasteiger charge is 2.28. The van der Waals surface area contributed by atoms with Crippen LogP contribution in [0, 0.1) is 5.92 Å². The molecule has 1 unspecified atom stereocenters. The summed E-state index contributed by atoms with van der Waals surface area (Å²) in [5, 5.41) is 6.00. The van der Waals surface area contributed by atoms with E-state index in [4.69, 9.17) is 23.2 Å². The number of nitrogens with one attached hydrogen (secondary N) is 2. The smallest absolute Gasteiger partial charge is 0.229 e. The molecular weight excluding hydrogens is 263 g/mol. The zero-order chi connectivity index (χ0) is 12.4. The molecule has 2 N–H and O–H groups in total. The van der Waals surface area contributed by atoms with Crippen LogP contribution < -0.4 is 10.6 Å². The maximum Gasteiger partial charge on any atom is 0.229 e. The predicted octanol–water partition coefficient (Wildman–Crippen LogP) is 2.07. The van der Waals surface area contributed by atoms with Gasteiger partial charge in [0, 0.05) is 13.0 Å². The summed E-state index contributed by atoms with van der Waals surface area (Å²) in [6, 6.07) is 4.98. The van der Waals surface area contributed by atoms with Crippen molar-refractivity contribution in [3.63, 3.8) is 0 Å². The highest BCUT2D eigenvalue weighted by Crippen LogP contribution is 2.30. The zero-order valence-electron chi connectivity index (χ0n) is 8.80. The Morgan fingerprint density at radius 1 is 1.35 bits per heavy atom. The topological polar surface area (TPSA) is 58.2 Å². The lowest BCUT2D eigenvalue weighted by Gasteiger charge is -2.11. The molecule has 4 nitrogen and oxygen atoms in total. The van der Waals surface area contributed by atoms with Crippen molar-refractivity contribution in [2.24, 2.45) is 5.92 Å². The van der Waals surface area contributed by atoms with E-state index in [9.17, 15) is 9.59 Å². The summed E-state index contributed by atoms with van der Waals surface area (Å²) in [7, 11) is 0. The molecule has 1 aliphatic rings. The summed E-state index contributed by atoms with van der Waals surface area (Å²) in [5.74, 6) is -0.733. The molecular formula is C11H10Cl2N2O2. The van der Waals surface area contributed by atoms with Gasteiger partial charge in [-0.05, 0) is 12.1 Å². The molecule has 1 aliphatic heterocycles. The summed E-state index contributed by atoms with van der Waals surface area (Å²) < 4.78 is 0. The first-order valence-corrected chi connectivity index (χ1v) is 5.85. The number of para-hydroxylation sites is 1. The maximum absolute atomic E-state index is 11.8. The number of halogens is 2. The molecule has 1 fully saturated rings. The lowest BCUT2D eigenvalue weighted by Crippen LogP contribution is -2.24. The van der Waals surface area contributed by atoms with Crippen molar-refractivity contribution in [2.45, 2.75) is 6.42 Å². The van der Waals surface area contributed by atoms with E-state index in [0.717, 1.165) is 0 Å². The molecule has 0 bridgehead atoms. The first-order chi connectivity index (χ1) is 8.08. The van der Waals surface area contributed by atoms with Crippen LogP contribution in [0.2, 0.25) is 10.0 Å². The molecule has 1 saturated heterocycles. The van der Waals surface area contributed by atoms with Crippen molar-refractivity contribution in [3.05, 3.63) is 28.2 Å². The van der Waals surface area contributed by atoms with E-state index >= 15 is 0 Å². The van der Waals surface area contributed by atoms with E-state index < -0.39 is 0 Å². The van der Waals surface area contributed by atoms with Gasteiger partial charge in [-0.2, -0.15) is 0 Å². The number of anilines is 1. The Kier molecular flexibility index (Phi) is 3.54. The number of amides is 2. The fourth-order valence-electron chi connectivity index (χ4n) is 1.63. The molecule has 2 amide bonds. The van der Waals surface area contributed by atoms with Crippen molar-refractivity contribution in [3.8, 4) is 0 Å². The van der Waals surface area contributed by atoms with Gasteiger partial charge in [0.05, 0.1) is 21.7 Å². The molecule has 90 valence electrons. The molecule has 1 atom stereocenters. The molecule has 1 aromatic carbocycles. The van der Waals surface area contributed by atoms with E-state index in [1.165, 1.54) is 0 Å². The molecule has 0 spiro atoms. The molecule has 1 heterocycles. The Morgan fingerprint density at radius 2 is 2.00 bits per heavy atom. The third kappa shape index (κ3) is 2.70. The van der Waals surface area contributed by atoms with Gasteiger partial charge in [0.25, 0.3) is 0 Å². The minimum Gasteiger partial charge on any atom is -0.355 e. The van der Waals surface area contributed by atoms with Gasteiger partial charge in [0.2, 0.25) is 11.8 Å². The summed E-state index contributed by atoms with van der Waals surface area (Å²) in [6.07, 6.45) is 0.202. The minimum absolute atomic E-state index is 0.115. The van der Waals surface area contributed by atoms with E-state index in [2.05, 4.69) is 10.6 Å². The molecule has 0 saturated carbocycles. The largest absolute Gasteiger partial charge is 0.355 e. The van der Waals surface area contributed by atoms with Crippen LogP contribution in [0.15, 0.2) is 18.2 Å². The number of benzene rings is 1. The standard InChI is InChI=1S/C11H10Cl2N2O2/c12-7-2-1-3-8(13)10(7)15-11(17)6-4-9(16)14-5-6/h1-3,6H,4-5H2,(H,14,16)(H,15,17). The number of rotatable bonds is 2. The molecule has 2 rings (SSSR count). The van der Waals surface area contributed by atoms with Crippen LogP contribution in [0.25, 0.3) is 0 Å². The monoisotopic (exact) mass is 272 g/mol. The van der Waals surface area contributed by atoms with Crippen molar-refractivity contribution in [1.82, 2.24) is 5.32 Å². The van der Waals surface area contributed by atoms with Crippen LogP contribution in [0.5, 0.6) is 0 Å². The molecule has 0 aliphatic carbocycles. The summed E-state index contributed by atoms with van der Waals surface area (Å²) in [4.78, 5) is 22.8. The maximum atomic E-state index is 11.8. The number of hydrogen-bond donors (Lipinski definition) is 2. The van der Waals surface area contributed by atoms with E-state index in [1.54, 1.807) is 18.2 Å². The fourth-order valence-corrected chi connectivity index (χ4v) is 2.12. The van der Waals surface area contributed by atoms with Crippen LogP contribution in [-0.4, -0.2) is 18.4 Å². The Labute approximate surface area is 108 Å². The summed E-state index contributed by atoms with van der Waals surface area (Å²) in [6.45, 7) is 0.354. The van der Waals surface area contributed by atoms with Crippen molar-refractivity contribution in [2.75, 3.05) is 11.9 Å². The van der Waals surface area contributed by atoms with E-state index in [1.807, 2.05) is 0 Å². The second-order valence-electron chi connectivity index (χ2n) is 3.79. The van der Waals surface area contributed by atoms with E-state index in [-0.39, 0.29) is 24.2 Å². The van der Waals surface area contributed by atoms with Crippen LogP contribution in [0.3, 0.4) is 0 Å². The number of carbonyl (C=O) groups is 2. The number of carbonyl (C=O) groups excluding carboxylic acids is 2. The van der Waals surface area contributed by atoms with Gasteiger partial charge < -0.3 is 10.6 Å². The van der Waals surface area contributed by atoms with Crippen LogP contribution in [-0.2, 0) is 9.59 Å². The molecule has 1 aromatic rings. The Bertz CT molecular complexity index is 456. The first kappa shape index (κ1) is 12.2. The first-order valence-electron chi connectivity index (χ1n) is 5.09. The van der Waals surface area contributed by atoms with Crippen LogP contribution in [0.1, 0.15) is 6.42 Å². The number of hydrogen-bond acceptors (Lipinski definition) is 2. The van der Waals surface area contributed by atoms with Gasteiger partial charge in [-0.1, -0.05) is 29.3 Å². The molecule has 0 radical (unpaired) electrons. The van der Waals surface area contributed by atoms with Gasteiger partial charge >= 0.3 is 0 Å². The highest BCUT2D eigenvalue weighted by molar-refractivity contribution is 6.39. The SMILES string of the molecule is O=C1CC(C(=O)Nc2c(Cl)cccc2Cl)CN1. The Balaban J connectivity index is 2.11. The lowest BCUT2D eigenvalue weighted by molar-refractivity contribution is -0.123. The predicted molar refractivity (Wildman–Crippen MR) is 66.2 cm³/mol.